The summed E-state index contributed by atoms with van der Waals surface area (Å²) in [6, 6.07) is 4.89. The number of benzene rings is 1. The summed E-state index contributed by atoms with van der Waals surface area (Å²) in [5.74, 6) is 0.726. The van der Waals surface area contributed by atoms with Crippen molar-refractivity contribution in [3.8, 4) is 0 Å². The molecule has 1 aromatic rings. The average molecular weight is 338 g/mol. The van der Waals surface area contributed by atoms with Crippen molar-refractivity contribution in [1.82, 2.24) is 4.90 Å². The maximum atomic E-state index is 12.7. The number of alkyl halides is 3. The van der Waals surface area contributed by atoms with Gasteiger partial charge >= 0.3 is 6.18 Å². The smallest absolute Gasteiger partial charge is 0.355 e. The number of hydrogen-bond donors (Lipinski definition) is 0. The number of aryl methyl sites for hydroxylation is 1. The molecule has 5 heteroatoms. The van der Waals surface area contributed by atoms with Crippen LogP contribution < -0.4 is 0 Å². The molecule has 132 valence electrons. The molecule has 0 bridgehead atoms. The average Bonchev–Trinajstić information content (AvgIpc) is 2.47. The van der Waals surface area contributed by atoms with Gasteiger partial charge in [-0.1, -0.05) is 32.6 Å². The summed E-state index contributed by atoms with van der Waals surface area (Å²) >= 11 is 0. The highest BCUT2D eigenvalue weighted by Gasteiger charge is 2.41. The zero-order valence-corrected chi connectivity index (χ0v) is 14.6. The van der Waals surface area contributed by atoms with Crippen LogP contribution in [0.5, 0.6) is 0 Å². The molecule has 0 aliphatic carbocycles. The number of likely N-dealkylation sites (tertiary alicyclic amines) is 1. The minimum Gasteiger partial charge on any atom is -0.355 e. The first kappa shape index (κ1) is 18.6. The van der Waals surface area contributed by atoms with Crippen LogP contribution in [0.2, 0.25) is 0 Å². The molecule has 0 saturated carbocycles. The molecular weight excluding hydrogens is 313 g/mol. The van der Waals surface area contributed by atoms with Crippen molar-refractivity contribution in [3.05, 3.63) is 47.7 Å². The van der Waals surface area contributed by atoms with Crippen LogP contribution in [0.15, 0.2) is 36.0 Å². The van der Waals surface area contributed by atoms with Gasteiger partial charge in [-0.05, 0) is 37.0 Å². The summed E-state index contributed by atoms with van der Waals surface area (Å²) < 4.78 is 38.1. The number of aliphatic imine (C=N–C) groups is 1. The van der Waals surface area contributed by atoms with E-state index in [1.165, 1.54) is 12.3 Å². The lowest BCUT2D eigenvalue weighted by atomic mass is 9.74. The molecule has 2 nitrogen and oxygen atoms in total. The molecule has 0 spiro atoms. The molecular formula is C19H25F3N2. The molecule has 0 N–H and O–H groups in total. The Kier molecular flexibility index (Phi) is 5.41. The Bertz CT molecular complexity index is 620. The van der Waals surface area contributed by atoms with E-state index in [2.05, 4.69) is 30.3 Å². The number of hydrogen-bond acceptors (Lipinski definition) is 1. The zero-order valence-electron chi connectivity index (χ0n) is 14.6. The fraction of sp³-hybridized carbons (Fsp3) is 0.526. The molecule has 1 saturated heterocycles. The van der Waals surface area contributed by atoms with Crippen molar-refractivity contribution in [1.29, 1.82) is 0 Å². The third kappa shape index (κ3) is 4.00. The molecule has 0 radical (unpaired) electrons. The Morgan fingerprint density at radius 2 is 1.92 bits per heavy atom. The normalized spacial score (nSPS) is 17.6. The predicted molar refractivity (Wildman–Crippen MR) is 92.3 cm³/mol. The summed E-state index contributed by atoms with van der Waals surface area (Å²) in [5, 5.41) is 0. The van der Waals surface area contributed by atoms with Gasteiger partial charge in [0.25, 0.3) is 0 Å². The van der Waals surface area contributed by atoms with Gasteiger partial charge in [-0.3, -0.25) is 0 Å². The highest BCUT2D eigenvalue weighted by atomic mass is 19.4. The van der Waals surface area contributed by atoms with Gasteiger partial charge in [0.1, 0.15) is 5.84 Å². The maximum absolute atomic E-state index is 12.7. The summed E-state index contributed by atoms with van der Waals surface area (Å²) in [5.41, 5.74) is 2.24. The SMILES string of the molecule is C=CN=C(c1cc(CC(F)(F)F)ccc1C)N1CC(CC)(CC)C1. The molecule has 2 rings (SSSR count). The van der Waals surface area contributed by atoms with Crippen LogP contribution in [0, 0.1) is 12.3 Å². The van der Waals surface area contributed by atoms with E-state index >= 15 is 0 Å². The van der Waals surface area contributed by atoms with Crippen molar-refractivity contribution in [3.63, 3.8) is 0 Å². The molecule has 1 aromatic carbocycles. The fourth-order valence-corrected chi connectivity index (χ4v) is 3.27. The molecule has 0 aromatic heterocycles. The van der Waals surface area contributed by atoms with Crippen LogP contribution in [0.3, 0.4) is 0 Å². The van der Waals surface area contributed by atoms with E-state index in [-0.39, 0.29) is 5.56 Å². The maximum Gasteiger partial charge on any atom is 0.393 e. The molecule has 0 amide bonds. The summed E-state index contributed by atoms with van der Waals surface area (Å²) in [6.45, 7) is 11.7. The van der Waals surface area contributed by atoms with Gasteiger partial charge in [0, 0.05) is 30.3 Å². The van der Waals surface area contributed by atoms with Gasteiger partial charge in [0.05, 0.1) is 6.42 Å². The first-order valence-electron chi connectivity index (χ1n) is 8.34. The Morgan fingerprint density at radius 1 is 1.29 bits per heavy atom. The van der Waals surface area contributed by atoms with Crippen molar-refractivity contribution in [2.75, 3.05) is 13.1 Å². The summed E-state index contributed by atoms with van der Waals surface area (Å²) in [4.78, 5) is 6.52. The second-order valence-corrected chi connectivity index (χ2v) is 6.64. The van der Waals surface area contributed by atoms with Crippen LogP contribution in [0.1, 0.15) is 43.4 Å². The second-order valence-electron chi connectivity index (χ2n) is 6.64. The Hall–Kier alpha value is -1.78. The minimum atomic E-state index is -4.21. The van der Waals surface area contributed by atoms with Crippen molar-refractivity contribution in [2.24, 2.45) is 10.4 Å². The van der Waals surface area contributed by atoms with E-state index in [4.69, 9.17) is 0 Å². The van der Waals surface area contributed by atoms with Gasteiger partial charge in [0.2, 0.25) is 0 Å². The van der Waals surface area contributed by atoms with Crippen LogP contribution >= 0.6 is 0 Å². The van der Waals surface area contributed by atoms with Crippen molar-refractivity contribution < 1.29 is 13.2 Å². The van der Waals surface area contributed by atoms with E-state index in [1.54, 1.807) is 12.1 Å². The first-order valence-corrected chi connectivity index (χ1v) is 8.34. The van der Waals surface area contributed by atoms with Gasteiger partial charge in [-0.2, -0.15) is 13.2 Å². The number of halogens is 3. The Morgan fingerprint density at radius 3 is 2.42 bits per heavy atom. The van der Waals surface area contributed by atoms with E-state index in [9.17, 15) is 13.2 Å². The topological polar surface area (TPSA) is 15.6 Å². The molecule has 0 atom stereocenters. The molecule has 1 heterocycles. The number of nitrogens with zero attached hydrogens (tertiary/aromatic N) is 2. The third-order valence-corrected chi connectivity index (χ3v) is 5.01. The van der Waals surface area contributed by atoms with Crippen LogP contribution in [0.25, 0.3) is 0 Å². The van der Waals surface area contributed by atoms with Gasteiger partial charge in [0.15, 0.2) is 0 Å². The second kappa shape index (κ2) is 6.99. The first-order chi connectivity index (χ1) is 11.2. The van der Waals surface area contributed by atoms with Crippen molar-refractivity contribution in [2.45, 2.75) is 46.2 Å². The molecule has 1 fully saturated rings. The Balaban J connectivity index is 2.31. The molecule has 1 aliphatic rings. The van der Waals surface area contributed by atoms with Gasteiger partial charge < -0.3 is 4.90 Å². The monoisotopic (exact) mass is 338 g/mol. The van der Waals surface area contributed by atoms with E-state index in [1.807, 2.05) is 6.92 Å². The molecule has 1 aliphatic heterocycles. The van der Waals surface area contributed by atoms with E-state index < -0.39 is 12.6 Å². The zero-order chi connectivity index (χ0) is 18.0. The highest BCUT2D eigenvalue weighted by Crippen LogP contribution is 2.38. The summed E-state index contributed by atoms with van der Waals surface area (Å²) in [6.07, 6.45) is -1.49. The number of amidine groups is 1. The largest absolute Gasteiger partial charge is 0.393 e. The van der Waals surface area contributed by atoms with Crippen LogP contribution in [0.4, 0.5) is 13.2 Å². The minimum absolute atomic E-state index is 0.262. The quantitative estimate of drug-likeness (QED) is 0.538. The molecule has 0 unspecified atom stereocenters. The van der Waals surface area contributed by atoms with Gasteiger partial charge in [-0.25, -0.2) is 4.99 Å². The molecule has 24 heavy (non-hydrogen) atoms. The predicted octanol–water partition coefficient (Wildman–Crippen LogP) is 5.11. The standard InChI is InChI=1S/C19H25F3N2/c1-5-18(6-2)12-24(13-18)17(23-7-3)16-10-15(9-8-14(16)4)11-19(20,21)22/h7-10H,3,5-6,11-13H2,1-2,4H3. The van der Waals surface area contributed by atoms with Crippen LogP contribution in [-0.2, 0) is 6.42 Å². The van der Waals surface area contributed by atoms with Crippen LogP contribution in [-0.4, -0.2) is 30.0 Å². The number of rotatable bonds is 5. The van der Waals surface area contributed by atoms with Crippen molar-refractivity contribution >= 4 is 5.84 Å². The van der Waals surface area contributed by atoms with E-state index in [0.29, 0.717) is 5.41 Å². The third-order valence-electron chi connectivity index (χ3n) is 5.01. The highest BCUT2D eigenvalue weighted by molar-refractivity contribution is 6.01. The lowest BCUT2D eigenvalue weighted by molar-refractivity contribution is -0.127. The lowest BCUT2D eigenvalue weighted by Crippen LogP contribution is -2.58. The van der Waals surface area contributed by atoms with E-state index in [0.717, 1.165) is 42.9 Å². The lowest BCUT2D eigenvalue weighted by Gasteiger charge is -2.51. The fourth-order valence-electron chi connectivity index (χ4n) is 3.27. The Labute approximate surface area is 142 Å². The van der Waals surface area contributed by atoms with Gasteiger partial charge in [-0.15, -0.1) is 0 Å². The summed E-state index contributed by atoms with van der Waals surface area (Å²) in [7, 11) is 0.